The lowest BCUT2D eigenvalue weighted by Crippen LogP contribution is -2.57. The number of nitrogens with one attached hydrogen (secondary N) is 1. The summed E-state index contributed by atoms with van der Waals surface area (Å²) in [5.74, 6) is -1.45. The van der Waals surface area contributed by atoms with Crippen LogP contribution in [0.25, 0.3) is 0 Å². The molecule has 0 aromatic carbocycles. The van der Waals surface area contributed by atoms with E-state index in [-0.39, 0.29) is 0 Å². The van der Waals surface area contributed by atoms with Crippen LogP contribution in [-0.2, 0) is 9.59 Å². The Hall–Kier alpha value is -1.10. The first-order valence-electron chi connectivity index (χ1n) is 4.70. The zero-order chi connectivity index (χ0) is 11.4. The van der Waals surface area contributed by atoms with E-state index < -0.39 is 23.5 Å². The minimum Gasteiger partial charge on any atom is -0.480 e. The van der Waals surface area contributed by atoms with Crippen LogP contribution in [0.4, 0.5) is 0 Å². The molecule has 1 amide bonds. The molecular formula is C9H18N2O3. The van der Waals surface area contributed by atoms with E-state index >= 15 is 0 Å². The first kappa shape index (κ1) is 12.9. The van der Waals surface area contributed by atoms with Crippen molar-refractivity contribution in [2.75, 3.05) is 0 Å². The van der Waals surface area contributed by atoms with Crippen LogP contribution in [0.1, 0.15) is 33.6 Å². The predicted molar refractivity (Wildman–Crippen MR) is 52.7 cm³/mol. The second kappa shape index (κ2) is 4.95. The summed E-state index contributed by atoms with van der Waals surface area (Å²) in [4.78, 5) is 22.3. The molecule has 0 aliphatic rings. The third-order valence-electron chi connectivity index (χ3n) is 2.39. The Labute approximate surface area is 83.7 Å². The molecular weight excluding hydrogens is 184 g/mol. The van der Waals surface area contributed by atoms with Crippen LogP contribution in [0, 0.1) is 0 Å². The summed E-state index contributed by atoms with van der Waals surface area (Å²) in [5, 5.41) is 11.5. The SMILES string of the molecule is CCC(CC)(NC(=O)[C@H](C)N)C(=O)O. The van der Waals surface area contributed by atoms with Crippen LogP contribution >= 0.6 is 0 Å². The quantitative estimate of drug-likeness (QED) is 0.589. The summed E-state index contributed by atoms with van der Waals surface area (Å²) in [6.07, 6.45) is 0.689. The van der Waals surface area contributed by atoms with Gasteiger partial charge in [0.2, 0.25) is 5.91 Å². The van der Waals surface area contributed by atoms with Gasteiger partial charge in [0.1, 0.15) is 5.54 Å². The molecule has 0 aliphatic carbocycles. The van der Waals surface area contributed by atoms with Crippen molar-refractivity contribution >= 4 is 11.9 Å². The third kappa shape index (κ3) is 2.70. The maximum absolute atomic E-state index is 11.3. The van der Waals surface area contributed by atoms with E-state index in [9.17, 15) is 9.59 Å². The Morgan fingerprint density at radius 1 is 1.43 bits per heavy atom. The van der Waals surface area contributed by atoms with Gasteiger partial charge in [-0.05, 0) is 19.8 Å². The molecule has 0 spiro atoms. The van der Waals surface area contributed by atoms with Crippen LogP contribution in [-0.4, -0.2) is 28.6 Å². The highest BCUT2D eigenvalue weighted by Gasteiger charge is 2.36. The molecule has 0 unspecified atom stereocenters. The van der Waals surface area contributed by atoms with Crippen molar-refractivity contribution in [3.05, 3.63) is 0 Å². The number of aliphatic carboxylic acids is 1. The van der Waals surface area contributed by atoms with Crippen molar-refractivity contribution in [1.82, 2.24) is 5.32 Å². The largest absolute Gasteiger partial charge is 0.480 e. The zero-order valence-electron chi connectivity index (χ0n) is 8.83. The predicted octanol–water partition coefficient (Wildman–Crippen LogP) is 0.0932. The number of hydrogen-bond acceptors (Lipinski definition) is 3. The van der Waals surface area contributed by atoms with Crippen molar-refractivity contribution in [3.8, 4) is 0 Å². The Morgan fingerprint density at radius 3 is 2.07 bits per heavy atom. The number of nitrogens with two attached hydrogens (primary N) is 1. The summed E-state index contributed by atoms with van der Waals surface area (Å²) in [5.41, 5.74) is 4.17. The minimum absolute atomic E-state index is 0.345. The van der Waals surface area contributed by atoms with Crippen LogP contribution in [0.5, 0.6) is 0 Å². The van der Waals surface area contributed by atoms with Crippen molar-refractivity contribution < 1.29 is 14.7 Å². The highest BCUT2D eigenvalue weighted by molar-refractivity contribution is 5.89. The molecule has 1 atom stereocenters. The van der Waals surface area contributed by atoms with Crippen LogP contribution in [0.3, 0.4) is 0 Å². The standard InChI is InChI=1S/C9H18N2O3/c1-4-9(5-2,8(13)14)11-7(12)6(3)10/h6H,4-5,10H2,1-3H3,(H,11,12)(H,13,14)/t6-/m0/s1. The Bertz CT molecular complexity index is 222. The van der Waals surface area contributed by atoms with Crippen LogP contribution < -0.4 is 11.1 Å². The second-order valence-corrected chi connectivity index (χ2v) is 3.37. The van der Waals surface area contributed by atoms with Crippen LogP contribution in [0.2, 0.25) is 0 Å². The lowest BCUT2D eigenvalue weighted by molar-refractivity contribution is -0.148. The van der Waals surface area contributed by atoms with E-state index in [1.54, 1.807) is 13.8 Å². The molecule has 82 valence electrons. The third-order valence-corrected chi connectivity index (χ3v) is 2.39. The molecule has 0 saturated heterocycles. The van der Waals surface area contributed by atoms with Gasteiger partial charge in [-0.1, -0.05) is 13.8 Å². The van der Waals surface area contributed by atoms with Crippen molar-refractivity contribution in [3.63, 3.8) is 0 Å². The van der Waals surface area contributed by atoms with Gasteiger partial charge in [-0.15, -0.1) is 0 Å². The van der Waals surface area contributed by atoms with Gasteiger partial charge in [0.15, 0.2) is 0 Å². The highest BCUT2D eigenvalue weighted by atomic mass is 16.4. The molecule has 0 fully saturated rings. The topological polar surface area (TPSA) is 92.4 Å². The highest BCUT2D eigenvalue weighted by Crippen LogP contribution is 2.15. The normalized spacial score (nSPS) is 13.4. The van der Waals surface area contributed by atoms with Gasteiger partial charge in [-0.2, -0.15) is 0 Å². The monoisotopic (exact) mass is 202 g/mol. The van der Waals surface area contributed by atoms with Gasteiger partial charge >= 0.3 is 5.97 Å². The molecule has 4 N–H and O–H groups in total. The molecule has 0 rings (SSSR count). The first-order valence-corrected chi connectivity index (χ1v) is 4.70. The number of carbonyl (C=O) groups excluding carboxylic acids is 1. The fraction of sp³-hybridized carbons (Fsp3) is 0.778. The molecule has 14 heavy (non-hydrogen) atoms. The molecule has 0 saturated carbocycles. The summed E-state index contributed by atoms with van der Waals surface area (Å²) < 4.78 is 0. The van der Waals surface area contributed by atoms with Gasteiger partial charge in [0.25, 0.3) is 0 Å². The van der Waals surface area contributed by atoms with Crippen molar-refractivity contribution in [2.24, 2.45) is 5.73 Å². The van der Waals surface area contributed by atoms with Gasteiger partial charge in [0, 0.05) is 0 Å². The van der Waals surface area contributed by atoms with E-state index in [2.05, 4.69) is 5.32 Å². The Kier molecular flexibility index (Phi) is 4.56. The van der Waals surface area contributed by atoms with Gasteiger partial charge in [-0.25, -0.2) is 4.79 Å². The minimum atomic E-state index is -1.18. The second-order valence-electron chi connectivity index (χ2n) is 3.37. The summed E-state index contributed by atoms with van der Waals surface area (Å²) in [6.45, 7) is 4.96. The Morgan fingerprint density at radius 2 is 1.86 bits per heavy atom. The lowest BCUT2D eigenvalue weighted by Gasteiger charge is -2.28. The van der Waals surface area contributed by atoms with E-state index in [0.29, 0.717) is 12.8 Å². The molecule has 0 aromatic heterocycles. The van der Waals surface area contributed by atoms with Crippen molar-refractivity contribution in [2.45, 2.75) is 45.2 Å². The smallest absolute Gasteiger partial charge is 0.329 e. The fourth-order valence-corrected chi connectivity index (χ4v) is 1.13. The van der Waals surface area contributed by atoms with E-state index in [4.69, 9.17) is 10.8 Å². The molecule has 0 bridgehead atoms. The van der Waals surface area contributed by atoms with Crippen molar-refractivity contribution in [1.29, 1.82) is 0 Å². The molecule has 0 aromatic rings. The number of rotatable bonds is 5. The maximum atomic E-state index is 11.3. The number of carbonyl (C=O) groups is 2. The first-order chi connectivity index (χ1) is 6.39. The average molecular weight is 202 g/mol. The maximum Gasteiger partial charge on any atom is 0.329 e. The fourth-order valence-electron chi connectivity index (χ4n) is 1.13. The molecule has 0 aliphatic heterocycles. The lowest BCUT2D eigenvalue weighted by atomic mass is 9.92. The number of hydrogen-bond donors (Lipinski definition) is 3. The van der Waals surface area contributed by atoms with E-state index in [0.717, 1.165) is 0 Å². The van der Waals surface area contributed by atoms with Crippen LogP contribution in [0.15, 0.2) is 0 Å². The Balaban J connectivity index is 4.68. The average Bonchev–Trinajstić information content (AvgIpc) is 2.13. The number of carboxylic acid groups (broad SMARTS) is 1. The molecule has 5 heteroatoms. The summed E-state index contributed by atoms with van der Waals surface area (Å²) >= 11 is 0. The summed E-state index contributed by atoms with van der Waals surface area (Å²) in [6, 6.07) is -0.688. The number of carboxylic acids is 1. The summed E-state index contributed by atoms with van der Waals surface area (Å²) in [7, 11) is 0. The molecule has 0 heterocycles. The number of amides is 1. The van der Waals surface area contributed by atoms with E-state index in [1.807, 2.05) is 0 Å². The molecule has 5 nitrogen and oxygen atoms in total. The van der Waals surface area contributed by atoms with Gasteiger partial charge < -0.3 is 16.2 Å². The van der Waals surface area contributed by atoms with Gasteiger partial charge in [-0.3, -0.25) is 4.79 Å². The zero-order valence-corrected chi connectivity index (χ0v) is 8.83. The van der Waals surface area contributed by atoms with E-state index in [1.165, 1.54) is 6.92 Å². The molecule has 0 radical (unpaired) electrons. The van der Waals surface area contributed by atoms with Gasteiger partial charge in [0.05, 0.1) is 6.04 Å².